The monoisotopic (exact) mass is 328 g/mol. The van der Waals surface area contributed by atoms with Crippen molar-refractivity contribution in [3.63, 3.8) is 0 Å². The van der Waals surface area contributed by atoms with Crippen molar-refractivity contribution in [3.8, 4) is 11.5 Å². The van der Waals surface area contributed by atoms with Crippen molar-refractivity contribution in [2.45, 2.75) is 26.2 Å². The lowest BCUT2D eigenvalue weighted by atomic mass is 10.2. The number of carbonyl (C=O) groups is 1. The van der Waals surface area contributed by atoms with Crippen LogP contribution in [0, 0.1) is 0 Å². The minimum absolute atomic E-state index is 0.0617. The maximum Gasteiger partial charge on any atom is 0.226 e. The first kappa shape index (κ1) is 17.0. The van der Waals surface area contributed by atoms with Gasteiger partial charge in [0.2, 0.25) is 5.91 Å². The fourth-order valence-electron chi connectivity index (χ4n) is 1.92. The van der Waals surface area contributed by atoms with Gasteiger partial charge in [0.05, 0.1) is 0 Å². The van der Waals surface area contributed by atoms with Crippen molar-refractivity contribution in [2.24, 2.45) is 0 Å². The molecule has 0 aromatic heterocycles. The summed E-state index contributed by atoms with van der Waals surface area (Å²) in [5.74, 6) is 1.46. The summed E-state index contributed by atoms with van der Waals surface area (Å²) in [7, 11) is 0. The minimum atomic E-state index is -0.0617. The zero-order chi connectivity index (χ0) is 16.5. The molecule has 0 radical (unpaired) electrons. The number of rotatable bonds is 6. The van der Waals surface area contributed by atoms with Crippen LogP contribution in [0.15, 0.2) is 54.6 Å². The van der Waals surface area contributed by atoms with E-state index in [9.17, 15) is 4.79 Å². The summed E-state index contributed by atoms with van der Waals surface area (Å²) < 4.78 is 5.72. The Kier molecular flexibility index (Phi) is 6.56. The molecular weight excluding hydrogens is 308 g/mol. The Hall–Kier alpha value is -2.40. The molecule has 0 spiro atoms. The van der Waals surface area contributed by atoms with Crippen molar-refractivity contribution in [3.05, 3.63) is 54.6 Å². The highest BCUT2D eigenvalue weighted by Gasteiger charge is 2.04. The lowest BCUT2D eigenvalue weighted by Gasteiger charge is -2.10. The van der Waals surface area contributed by atoms with E-state index in [0.29, 0.717) is 11.5 Å². The third-order valence-corrected chi connectivity index (χ3v) is 3.31. The smallest absolute Gasteiger partial charge is 0.226 e. The summed E-state index contributed by atoms with van der Waals surface area (Å²) >= 11 is 5.13. The van der Waals surface area contributed by atoms with Crippen LogP contribution in [0.3, 0.4) is 0 Å². The van der Waals surface area contributed by atoms with Crippen molar-refractivity contribution in [1.29, 1.82) is 0 Å². The molecule has 0 fully saturated rings. The molecular formula is C18H20N2O2S. The third kappa shape index (κ3) is 6.08. The predicted octanol–water partition coefficient (Wildman–Crippen LogP) is 4.48. The topological polar surface area (TPSA) is 50.4 Å². The number of hydrogen-bond acceptors (Lipinski definition) is 3. The standard InChI is InChI=1S/C18H20N2O2S/c1-2-3-9-17(21)20-18(23)19-14-10-12-16(13-11-14)22-15-7-5-4-6-8-15/h4-8,10-13H,2-3,9H2,1H3,(H2,19,20,21,23). The van der Waals surface area contributed by atoms with Gasteiger partial charge >= 0.3 is 0 Å². The van der Waals surface area contributed by atoms with Crippen LogP contribution in [0.1, 0.15) is 26.2 Å². The Morgan fingerprint density at radius 2 is 1.70 bits per heavy atom. The maximum atomic E-state index is 11.6. The molecule has 23 heavy (non-hydrogen) atoms. The zero-order valence-corrected chi connectivity index (χ0v) is 13.9. The number of benzene rings is 2. The zero-order valence-electron chi connectivity index (χ0n) is 13.0. The van der Waals surface area contributed by atoms with Gasteiger partial charge in [-0.1, -0.05) is 31.5 Å². The molecule has 120 valence electrons. The fourth-order valence-corrected chi connectivity index (χ4v) is 2.15. The van der Waals surface area contributed by atoms with Gasteiger partial charge in [-0.25, -0.2) is 0 Å². The van der Waals surface area contributed by atoms with Crippen molar-refractivity contribution in [1.82, 2.24) is 5.32 Å². The van der Waals surface area contributed by atoms with Crippen LogP contribution in [0.5, 0.6) is 11.5 Å². The van der Waals surface area contributed by atoms with Gasteiger partial charge in [-0.2, -0.15) is 0 Å². The Labute approximate surface area is 141 Å². The number of anilines is 1. The molecule has 2 aromatic carbocycles. The lowest BCUT2D eigenvalue weighted by molar-refractivity contribution is -0.119. The highest BCUT2D eigenvalue weighted by molar-refractivity contribution is 7.80. The van der Waals surface area contributed by atoms with Gasteiger partial charge in [0.15, 0.2) is 5.11 Å². The molecule has 0 aliphatic carbocycles. The van der Waals surface area contributed by atoms with E-state index in [1.807, 2.05) is 61.5 Å². The summed E-state index contributed by atoms with van der Waals surface area (Å²) in [5, 5.41) is 5.96. The van der Waals surface area contributed by atoms with Gasteiger partial charge in [-0.05, 0) is 55.0 Å². The van der Waals surface area contributed by atoms with Crippen LogP contribution in [-0.4, -0.2) is 11.0 Å². The van der Waals surface area contributed by atoms with E-state index in [0.717, 1.165) is 30.0 Å². The first-order valence-corrected chi connectivity index (χ1v) is 8.02. The minimum Gasteiger partial charge on any atom is -0.457 e. The van der Waals surface area contributed by atoms with E-state index in [1.54, 1.807) is 0 Å². The SMILES string of the molecule is CCCCC(=O)NC(=S)Nc1ccc(Oc2ccccc2)cc1. The summed E-state index contributed by atoms with van der Waals surface area (Å²) in [6.07, 6.45) is 2.33. The van der Waals surface area contributed by atoms with E-state index in [2.05, 4.69) is 10.6 Å². The number of ether oxygens (including phenoxy) is 1. The first-order chi connectivity index (χ1) is 11.2. The maximum absolute atomic E-state index is 11.6. The number of hydrogen-bond donors (Lipinski definition) is 2. The number of thiocarbonyl (C=S) groups is 1. The van der Waals surface area contributed by atoms with E-state index >= 15 is 0 Å². The quantitative estimate of drug-likeness (QED) is 0.768. The summed E-state index contributed by atoms with van der Waals surface area (Å²) in [6, 6.07) is 17.0. The second-order valence-corrected chi connectivity index (χ2v) is 5.45. The molecule has 0 aliphatic heterocycles. The summed E-state index contributed by atoms with van der Waals surface area (Å²) in [6.45, 7) is 2.04. The van der Waals surface area contributed by atoms with Gasteiger partial charge in [-0.15, -0.1) is 0 Å². The molecule has 4 nitrogen and oxygen atoms in total. The Balaban J connectivity index is 1.85. The highest BCUT2D eigenvalue weighted by atomic mass is 32.1. The van der Waals surface area contributed by atoms with Crippen LogP contribution in [0.4, 0.5) is 5.69 Å². The molecule has 0 heterocycles. The fraction of sp³-hybridized carbons (Fsp3) is 0.222. The Bertz CT molecular complexity index is 642. The van der Waals surface area contributed by atoms with Crippen LogP contribution < -0.4 is 15.4 Å². The van der Waals surface area contributed by atoms with Gasteiger partial charge in [0.1, 0.15) is 11.5 Å². The first-order valence-electron chi connectivity index (χ1n) is 7.61. The third-order valence-electron chi connectivity index (χ3n) is 3.10. The predicted molar refractivity (Wildman–Crippen MR) is 96.8 cm³/mol. The van der Waals surface area contributed by atoms with Crippen molar-refractivity contribution >= 4 is 28.9 Å². The van der Waals surface area contributed by atoms with Gasteiger partial charge in [0.25, 0.3) is 0 Å². The average molecular weight is 328 g/mol. The lowest BCUT2D eigenvalue weighted by Crippen LogP contribution is -2.33. The molecule has 2 N–H and O–H groups in total. The van der Waals surface area contributed by atoms with Crippen molar-refractivity contribution in [2.75, 3.05) is 5.32 Å². The second kappa shape index (κ2) is 8.90. The number of nitrogens with one attached hydrogen (secondary N) is 2. The number of unbranched alkanes of at least 4 members (excludes halogenated alkanes) is 1. The van der Waals surface area contributed by atoms with Crippen LogP contribution in [-0.2, 0) is 4.79 Å². The van der Waals surface area contributed by atoms with Gasteiger partial charge < -0.3 is 15.4 Å². The van der Waals surface area contributed by atoms with Crippen LogP contribution in [0.25, 0.3) is 0 Å². The summed E-state index contributed by atoms with van der Waals surface area (Å²) in [4.78, 5) is 11.6. The number of amides is 1. The normalized spacial score (nSPS) is 9.96. The van der Waals surface area contributed by atoms with Gasteiger partial charge in [-0.3, -0.25) is 4.79 Å². The van der Waals surface area contributed by atoms with Crippen LogP contribution in [0.2, 0.25) is 0 Å². The molecule has 0 atom stereocenters. The van der Waals surface area contributed by atoms with Crippen molar-refractivity contribution < 1.29 is 9.53 Å². The Morgan fingerprint density at radius 1 is 1.04 bits per heavy atom. The second-order valence-electron chi connectivity index (χ2n) is 5.05. The molecule has 2 rings (SSSR count). The highest BCUT2D eigenvalue weighted by Crippen LogP contribution is 2.22. The number of carbonyl (C=O) groups excluding carboxylic acids is 1. The molecule has 0 aliphatic rings. The summed E-state index contributed by atoms with van der Waals surface area (Å²) in [5.41, 5.74) is 0.797. The molecule has 2 aromatic rings. The Morgan fingerprint density at radius 3 is 2.35 bits per heavy atom. The van der Waals surface area contributed by atoms with Gasteiger partial charge in [0, 0.05) is 12.1 Å². The molecule has 1 amide bonds. The molecule has 0 saturated carbocycles. The number of para-hydroxylation sites is 1. The molecule has 5 heteroatoms. The van der Waals surface area contributed by atoms with Crippen LogP contribution >= 0.6 is 12.2 Å². The van der Waals surface area contributed by atoms with E-state index in [4.69, 9.17) is 17.0 Å². The van der Waals surface area contributed by atoms with E-state index < -0.39 is 0 Å². The largest absolute Gasteiger partial charge is 0.457 e. The average Bonchev–Trinajstić information content (AvgIpc) is 2.55. The molecule has 0 bridgehead atoms. The van der Waals surface area contributed by atoms with E-state index in [1.165, 1.54) is 0 Å². The molecule has 0 saturated heterocycles. The molecule has 0 unspecified atom stereocenters. The van der Waals surface area contributed by atoms with E-state index in [-0.39, 0.29) is 5.91 Å².